The number of hydrogen-bond donors (Lipinski definition) is 8. The molecule has 400 valence electrons. The van der Waals surface area contributed by atoms with Crippen molar-refractivity contribution in [1.82, 2.24) is 31.1 Å². The molecular weight excluding hydrogens is 849 g/mol. The number of carbonyl (C=O) groups excluding carboxylic acids is 2. The van der Waals surface area contributed by atoms with E-state index in [1.54, 1.807) is 0 Å². The number of carbonyl (C=O) groups is 2. The van der Waals surface area contributed by atoms with E-state index in [4.69, 9.17) is 11.5 Å². The number of nitrogens with zero attached hydrogens (tertiary/aromatic N) is 2. The highest BCUT2D eigenvalue weighted by Gasteiger charge is 2.23. The maximum absolute atomic E-state index is 12.9. The Labute approximate surface area is 419 Å². The van der Waals surface area contributed by atoms with Crippen molar-refractivity contribution in [2.75, 3.05) is 91.6 Å². The van der Waals surface area contributed by atoms with E-state index in [0.717, 1.165) is 117 Å². The van der Waals surface area contributed by atoms with Gasteiger partial charge in [0.1, 0.15) is 0 Å². The van der Waals surface area contributed by atoms with Crippen molar-refractivity contribution in [2.45, 2.75) is 219 Å². The van der Waals surface area contributed by atoms with E-state index >= 15 is 0 Å². The van der Waals surface area contributed by atoms with Gasteiger partial charge in [-0.2, -0.15) is 0 Å². The lowest BCUT2D eigenvalue weighted by atomic mass is 9.92. The molecule has 0 aromatic carbocycles. The number of aliphatic hydroxyl groups is 2. The summed E-state index contributed by atoms with van der Waals surface area (Å²) in [6, 6.07) is 0. The Morgan fingerprint density at radius 2 is 0.794 bits per heavy atom. The van der Waals surface area contributed by atoms with E-state index in [1.165, 1.54) is 116 Å². The summed E-state index contributed by atoms with van der Waals surface area (Å²) in [5, 5.41) is 34.0. The molecule has 12 heteroatoms. The fourth-order valence-corrected chi connectivity index (χ4v) is 9.43. The maximum Gasteiger partial charge on any atom is 0.220 e. The van der Waals surface area contributed by atoms with Crippen LogP contribution in [0, 0.1) is 11.8 Å². The van der Waals surface area contributed by atoms with Crippen LogP contribution in [0.4, 0.5) is 0 Å². The third-order valence-corrected chi connectivity index (χ3v) is 13.8. The number of unbranched alkanes of at least 4 members (excludes halogenated alkanes) is 18. The zero-order valence-electron chi connectivity index (χ0n) is 44.5. The summed E-state index contributed by atoms with van der Waals surface area (Å²) in [5.74, 6) is 0.721. The highest BCUT2D eigenvalue weighted by Crippen LogP contribution is 2.21. The number of amides is 2. The minimum atomic E-state index is -0.627. The second-order valence-electron chi connectivity index (χ2n) is 20.4. The zero-order valence-corrected chi connectivity index (χ0v) is 44.5. The van der Waals surface area contributed by atoms with Gasteiger partial charge >= 0.3 is 0 Å². The first kappa shape index (κ1) is 64.1. The van der Waals surface area contributed by atoms with Gasteiger partial charge in [0, 0.05) is 91.4 Å². The van der Waals surface area contributed by atoms with Gasteiger partial charge in [0.15, 0.2) is 0 Å². The van der Waals surface area contributed by atoms with Gasteiger partial charge in [-0.3, -0.25) is 19.4 Å². The first-order valence-corrected chi connectivity index (χ1v) is 28.8. The highest BCUT2D eigenvalue weighted by molar-refractivity contribution is 5.76. The van der Waals surface area contributed by atoms with Crippen LogP contribution < -0.4 is 32.7 Å². The van der Waals surface area contributed by atoms with E-state index in [0.29, 0.717) is 50.9 Å². The van der Waals surface area contributed by atoms with Crippen molar-refractivity contribution < 1.29 is 19.8 Å². The maximum atomic E-state index is 12.9. The SMILES string of the molecule is C1CNCCN1.CCCCCCCCC=CCCCCCC(CCCN)CC(=O)NCC(O)CN1CCN(CC(O)CNC(=O)CC(CCCN)CCCCCC=CCCCCCCCC)CC1. The predicted molar refractivity (Wildman–Crippen MR) is 290 cm³/mol. The molecule has 4 unspecified atom stereocenters. The largest absolute Gasteiger partial charge is 0.390 e. The molecule has 2 aliphatic heterocycles. The van der Waals surface area contributed by atoms with E-state index in [9.17, 15) is 19.8 Å². The van der Waals surface area contributed by atoms with Crippen LogP contribution in [0.2, 0.25) is 0 Å². The summed E-state index contributed by atoms with van der Waals surface area (Å²) >= 11 is 0. The van der Waals surface area contributed by atoms with Gasteiger partial charge in [-0.05, 0) is 115 Å². The van der Waals surface area contributed by atoms with Gasteiger partial charge in [0.05, 0.1) is 12.2 Å². The number of nitrogens with one attached hydrogen (secondary N) is 4. The van der Waals surface area contributed by atoms with Crippen molar-refractivity contribution in [3.8, 4) is 0 Å². The van der Waals surface area contributed by atoms with Gasteiger partial charge in [-0.15, -0.1) is 0 Å². The Morgan fingerprint density at radius 1 is 0.485 bits per heavy atom. The molecule has 10 N–H and O–H groups in total. The number of rotatable bonds is 44. The van der Waals surface area contributed by atoms with Crippen LogP contribution in [0.1, 0.15) is 206 Å². The molecule has 0 aromatic rings. The van der Waals surface area contributed by atoms with E-state index in [2.05, 4.69) is 69.2 Å². The highest BCUT2D eigenvalue weighted by atomic mass is 16.3. The van der Waals surface area contributed by atoms with Crippen molar-refractivity contribution >= 4 is 11.8 Å². The van der Waals surface area contributed by atoms with E-state index in [1.807, 2.05) is 0 Å². The molecule has 0 aliphatic carbocycles. The second-order valence-corrected chi connectivity index (χ2v) is 20.4. The van der Waals surface area contributed by atoms with Gasteiger partial charge < -0.3 is 42.9 Å². The minimum Gasteiger partial charge on any atom is -0.390 e. The fraction of sp³-hybridized carbons (Fsp3) is 0.893. The quantitative estimate of drug-likeness (QED) is 0.0217. The molecule has 2 rings (SSSR count). The number of allylic oxidation sites excluding steroid dienone is 4. The van der Waals surface area contributed by atoms with Crippen LogP contribution >= 0.6 is 0 Å². The molecule has 0 saturated carbocycles. The van der Waals surface area contributed by atoms with Crippen LogP contribution in [-0.4, -0.2) is 136 Å². The van der Waals surface area contributed by atoms with Crippen LogP contribution in [0.15, 0.2) is 24.3 Å². The number of aliphatic hydroxyl groups excluding tert-OH is 2. The number of β-amino-alcohol motifs (C(OH)–C–C–N with tert-alkyl or cyclic N) is 2. The summed E-state index contributed by atoms with van der Waals surface area (Å²) in [6.07, 6.45) is 43.1. The summed E-state index contributed by atoms with van der Waals surface area (Å²) < 4.78 is 0. The molecule has 0 aromatic heterocycles. The van der Waals surface area contributed by atoms with Crippen LogP contribution in [0.3, 0.4) is 0 Å². The monoisotopic (exact) mass is 961 g/mol. The van der Waals surface area contributed by atoms with E-state index in [-0.39, 0.29) is 24.9 Å². The lowest BCUT2D eigenvalue weighted by Gasteiger charge is -2.36. The van der Waals surface area contributed by atoms with Gasteiger partial charge in [-0.25, -0.2) is 0 Å². The summed E-state index contributed by atoms with van der Waals surface area (Å²) in [4.78, 5) is 30.2. The molecule has 12 nitrogen and oxygen atoms in total. The van der Waals surface area contributed by atoms with Gasteiger partial charge in [0.25, 0.3) is 0 Å². The molecule has 2 heterocycles. The predicted octanol–water partition coefficient (Wildman–Crippen LogP) is 8.74. The third kappa shape index (κ3) is 41.8. The topological polar surface area (TPSA) is 181 Å². The Bertz CT molecular complexity index is 1070. The molecule has 0 bridgehead atoms. The molecule has 4 atom stereocenters. The molecular formula is C56H112N8O4. The first-order valence-electron chi connectivity index (χ1n) is 28.8. The molecule has 2 aliphatic rings. The van der Waals surface area contributed by atoms with Crippen LogP contribution in [0.25, 0.3) is 0 Å². The molecule has 0 radical (unpaired) electrons. The van der Waals surface area contributed by atoms with Crippen molar-refractivity contribution in [2.24, 2.45) is 23.3 Å². The molecule has 2 amide bonds. The summed E-state index contributed by atoms with van der Waals surface area (Å²) in [7, 11) is 0. The summed E-state index contributed by atoms with van der Waals surface area (Å²) in [6.45, 7) is 15.1. The Hall–Kier alpha value is -1.90. The molecule has 0 spiro atoms. The third-order valence-electron chi connectivity index (χ3n) is 13.8. The normalized spacial score (nSPS) is 16.7. The number of piperazine rings is 2. The lowest BCUT2D eigenvalue weighted by Crippen LogP contribution is -2.52. The van der Waals surface area contributed by atoms with Crippen LogP contribution in [-0.2, 0) is 9.59 Å². The lowest BCUT2D eigenvalue weighted by molar-refractivity contribution is -0.123. The standard InChI is InChI=1S/C52H102N6O4.C4H10N2/c1-3-5-7-9-11-13-15-17-19-21-23-25-27-31-47(33-29-35-53)41-51(61)55-43-49(59)45-57-37-39-58(40-38-57)46-50(60)44-56-52(62)42-48(34-30-36-54)32-28-26-24-22-20-18-16-14-12-10-8-6-4-2;1-2-6-4-3-5-1/h17-20,47-50,59-60H,3-16,21-46,53-54H2,1-2H3,(H,55,61)(H,56,62);5-6H,1-4H2. The van der Waals surface area contributed by atoms with Crippen LogP contribution in [0.5, 0.6) is 0 Å². The Morgan fingerprint density at radius 3 is 1.12 bits per heavy atom. The molecule has 68 heavy (non-hydrogen) atoms. The molecule has 2 saturated heterocycles. The molecule has 2 fully saturated rings. The smallest absolute Gasteiger partial charge is 0.220 e. The average Bonchev–Trinajstić information content (AvgIpc) is 3.35. The number of hydrogen-bond acceptors (Lipinski definition) is 10. The zero-order chi connectivity index (χ0) is 49.4. The fourth-order valence-electron chi connectivity index (χ4n) is 9.43. The first-order chi connectivity index (χ1) is 33.3. The number of nitrogens with two attached hydrogens (primary N) is 2. The summed E-state index contributed by atoms with van der Waals surface area (Å²) in [5.41, 5.74) is 11.6. The van der Waals surface area contributed by atoms with E-state index < -0.39 is 12.2 Å². The Kier molecular flexibility index (Phi) is 45.9. The van der Waals surface area contributed by atoms with Gasteiger partial charge in [0.2, 0.25) is 11.8 Å². The van der Waals surface area contributed by atoms with Gasteiger partial charge in [-0.1, -0.05) is 128 Å². The second kappa shape index (κ2) is 48.7. The van der Waals surface area contributed by atoms with Crippen molar-refractivity contribution in [3.05, 3.63) is 24.3 Å². The van der Waals surface area contributed by atoms with Crippen molar-refractivity contribution in [3.63, 3.8) is 0 Å². The Balaban J connectivity index is 0.00000355. The van der Waals surface area contributed by atoms with Crippen molar-refractivity contribution in [1.29, 1.82) is 0 Å². The average molecular weight is 962 g/mol. The minimum absolute atomic E-state index is 0.0216.